The molecule has 5 nitrogen and oxygen atoms in total. The number of aryl methyl sites for hydroxylation is 3. The number of thioether (sulfide) groups is 1. The van der Waals surface area contributed by atoms with Gasteiger partial charge in [-0.3, -0.25) is 9.48 Å². The van der Waals surface area contributed by atoms with Crippen LogP contribution in [0.4, 0.5) is 0 Å². The first-order chi connectivity index (χ1) is 12.3. The van der Waals surface area contributed by atoms with Crippen LogP contribution in [0, 0.1) is 13.8 Å². The lowest BCUT2D eigenvalue weighted by molar-refractivity contribution is -0.128. The molecule has 1 atom stereocenters. The molecule has 1 aromatic carbocycles. The molecule has 3 rings (SSSR count). The highest BCUT2D eigenvalue weighted by Gasteiger charge is 2.23. The monoisotopic (exact) mass is 370 g/mol. The van der Waals surface area contributed by atoms with E-state index in [0.29, 0.717) is 5.75 Å². The second-order valence-corrected chi connectivity index (χ2v) is 7.82. The molecule has 6 heteroatoms. The van der Waals surface area contributed by atoms with Crippen molar-refractivity contribution in [1.82, 2.24) is 19.2 Å². The number of hydrogen-bond acceptors (Lipinski definition) is 3. The Hall–Kier alpha value is -2.21. The molecule has 138 valence electrons. The molecule has 2 heterocycles. The van der Waals surface area contributed by atoms with Gasteiger partial charge in [0.05, 0.1) is 17.5 Å². The predicted octanol–water partition coefficient (Wildman–Crippen LogP) is 3.84. The fraction of sp³-hybridized carbons (Fsp3) is 0.400. The Morgan fingerprint density at radius 3 is 2.62 bits per heavy atom. The first-order valence-electron chi connectivity index (χ1n) is 8.73. The number of hydrogen-bond donors (Lipinski definition) is 0. The van der Waals surface area contributed by atoms with E-state index >= 15 is 0 Å². The summed E-state index contributed by atoms with van der Waals surface area (Å²) in [4.78, 5) is 15.7. The lowest BCUT2D eigenvalue weighted by Crippen LogP contribution is -2.31. The lowest BCUT2D eigenvalue weighted by Gasteiger charge is -2.25. The van der Waals surface area contributed by atoms with Crippen molar-refractivity contribution in [2.45, 2.75) is 31.7 Å². The molecule has 3 aromatic rings. The average molecular weight is 371 g/mol. The molecule has 0 aliphatic heterocycles. The first-order valence-corrected chi connectivity index (χ1v) is 9.72. The second kappa shape index (κ2) is 7.19. The summed E-state index contributed by atoms with van der Waals surface area (Å²) in [5, 5.41) is 5.67. The molecule has 0 saturated heterocycles. The van der Waals surface area contributed by atoms with Crippen molar-refractivity contribution in [3.05, 3.63) is 47.4 Å². The fourth-order valence-corrected chi connectivity index (χ4v) is 4.51. The van der Waals surface area contributed by atoms with Gasteiger partial charge in [-0.2, -0.15) is 5.10 Å². The first kappa shape index (κ1) is 18.6. The fourth-order valence-electron chi connectivity index (χ4n) is 3.47. The van der Waals surface area contributed by atoms with Gasteiger partial charge in [-0.1, -0.05) is 18.2 Å². The Labute approximate surface area is 159 Å². The molecule has 0 aliphatic rings. The van der Waals surface area contributed by atoms with Gasteiger partial charge in [0, 0.05) is 54.4 Å². The van der Waals surface area contributed by atoms with E-state index in [1.165, 1.54) is 10.9 Å². The van der Waals surface area contributed by atoms with Crippen LogP contribution in [0.3, 0.4) is 0 Å². The van der Waals surface area contributed by atoms with Crippen molar-refractivity contribution in [3.8, 4) is 0 Å². The van der Waals surface area contributed by atoms with E-state index in [9.17, 15) is 4.79 Å². The number of benzene rings is 1. The molecule has 0 bridgehead atoms. The van der Waals surface area contributed by atoms with Crippen LogP contribution in [0.25, 0.3) is 10.9 Å². The molecule has 0 aliphatic carbocycles. The SMILES string of the molecule is Cc1nn(C)c(C)c1[C@H](C)N(C)C(=O)CSc1cn(C)c2ccccc12. The van der Waals surface area contributed by atoms with Crippen LogP contribution in [0.15, 0.2) is 35.4 Å². The zero-order chi connectivity index (χ0) is 19.0. The number of carbonyl (C=O) groups is 1. The number of nitrogens with zero attached hydrogens (tertiary/aromatic N) is 4. The summed E-state index contributed by atoms with van der Waals surface area (Å²) in [6, 6.07) is 8.29. The van der Waals surface area contributed by atoms with Crippen LogP contribution in [-0.4, -0.2) is 38.0 Å². The number of rotatable bonds is 5. The number of aromatic nitrogens is 3. The smallest absolute Gasteiger partial charge is 0.233 e. The van der Waals surface area contributed by atoms with Gasteiger partial charge >= 0.3 is 0 Å². The standard InChI is InChI=1S/C20H26N4OS/c1-13-20(15(3)24(6)21-13)14(2)23(5)19(25)12-26-18-11-22(4)17-10-8-7-9-16(17)18/h7-11,14H,12H2,1-6H3/t14-/m0/s1. The van der Waals surface area contributed by atoms with E-state index in [0.717, 1.165) is 21.8 Å². The summed E-state index contributed by atoms with van der Waals surface area (Å²) in [7, 11) is 5.86. The van der Waals surface area contributed by atoms with Crippen LogP contribution in [0.2, 0.25) is 0 Å². The van der Waals surface area contributed by atoms with E-state index in [2.05, 4.69) is 41.8 Å². The quantitative estimate of drug-likeness (QED) is 0.641. The van der Waals surface area contributed by atoms with E-state index in [1.807, 2.05) is 49.8 Å². The Bertz CT molecular complexity index is 956. The molecule has 1 amide bonds. The van der Waals surface area contributed by atoms with Crippen molar-refractivity contribution >= 4 is 28.6 Å². The summed E-state index contributed by atoms with van der Waals surface area (Å²) < 4.78 is 3.99. The Kier molecular flexibility index (Phi) is 5.14. The highest BCUT2D eigenvalue weighted by molar-refractivity contribution is 8.00. The Balaban J connectivity index is 1.73. The third kappa shape index (κ3) is 3.26. The molecule has 0 unspecified atom stereocenters. The van der Waals surface area contributed by atoms with Crippen LogP contribution < -0.4 is 0 Å². The van der Waals surface area contributed by atoms with Gasteiger partial charge in [0.15, 0.2) is 0 Å². The number of amides is 1. The molecule has 0 saturated carbocycles. The number of fused-ring (bicyclic) bond motifs is 1. The number of para-hydroxylation sites is 1. The van der Waals surface area contributed by atoms with E-state index in [-0.39, 0.29) is 11.9 Å². The van der Waals surface area contributed by atoms with Gasteiger partial charge in [0.25, 0.3) is 0 Å². The summed E-state index contributed by atoms with van der Waals surface area (Å²) in [5.41, 5.74) is 4.42. The van der Waals surface area contributed by atoms with E-state index in [4.69, 9.17) is 0 Å². The van der Waals surface area contributed by atoms with Crippen molar-refractivity contribution in [2.24, 2.45) is 14.1 Å². The van der Waals surface area contributed by atoms with Gasteiger partial charge in [0.1, 0.15) is 0 Å². The van der Waals surface area contributed by atoms with Crippen LogP contribution in [0.5, 0.6) is 0 Å². The number of carbonyl (C=O) groups excluding carboxylic acids is 1. The molecular formula is C20H26N4OS. The Morgan fingerprint density at radius 1 is 1.27 bits per heavy atom. The lowest BCUT2D eigenvalue weighted by atomic mass is 10.1. The van der Waals surface area contributed by atoms with E-state index < -0.39 is 0 Å². The molecule has 2 aromatic heterocycles. The topological polar surface area (TPSA) is 43.1 Å². The van der Waals surface area contributed by atoms with Crippen molar-refractivity contribution in [3.63, 3.8) is 0 Å². The summed E-state index contributed by atoms with van der Waals surface area (Å²) >= 11 is 1.60. The molecule has 0 fully saturated rings. The van der Waals surface area contributed by atoms with Gasteiger partial charge in [-0.05, 0) is 26.8 Å². The Morgan fingerprint density at radius 2 is 1.96 bits per heavy atom. The molecule has 0 spiro atoms. The zero-order valence-corrected chi connectivity index (χ0v) is 17.1. The second-order valence-electron chi connectivity index (χ2n) is 6.80. The maximum Gasteiger partial charge on any atom is 0.233 e. The van der Waals surface area contributed by atoms with Crippen molar-refractivity contribution in [1.29, 1.82) is 0 Å². The maximum atomic E-state index is 12.8. The van der Waals surface area contributed by atoms with Gasteiger partial charge in [-0.25, -0.2) is 0 Å². The zero-order valence-electron chi connectivity index (χ0n) is 16.3. The van der Waals surface area contributed by atoms with Gasteiger partial charge in [-0.15, -0.1) is 11.8 Å². The molecule has 26 heavy (non-hydrogen) atoms. The molecule has 0 N–H and O–H groups in total. The van der Waals surface area contributed by atoms with Gasteiger partial charge in [0.2, 0.25) is 5.91 Å². The van der Waals surface area contributed by atoms with Crippen molar-refractivity contribution in [2.75, 3.05) is 12.8 Å². The third-order valence-corrected chi connectivity index (χ3v) is 6.20. The van der Waals surface area contributed by atoms with Crippen molar-refractivity contribution < 1.29 is 4.79 Å². The minimum absolute atomic E-state index is 0.00400. The summed E-state index contributed by atoms with van der Waals surface area (Å²) in [6.45, 7) is 6.12. The minimum atomic E-state index is 0.00400. The maximum absolute atomic E-state index is 12.8. The normalized spacial score (nSPS) is 12.5. The third-order valence-electron chi connectivity index (χ3n) is 5.17. The van der Waals surface area contributed by atoms with Crippen LogP contribution in [-0.2, 0) is 18.9 Å². The van der Waals surface area contributed by atoms with Crippen LogP contribution >= 0.6 is 11.8 Å². The highest BCUT2D eigenvalue weighted by Crippen LogP contribution is 2.31. The van der Waals surface area contributed by atoms with Crippen LogP contribution in [0.1, 0.15) is 29.9 Å². The molecular weight excluding hydrogens is 344 g/mol. The van der Waals surface area contributed by atoms with E-state index in [1.54, 1.807) is 11.8 Å². The predicted molar refractivity (Wildman–Crippen MR) is 108 cm³/mol. The average Bonchev–Trinajstić information content (AvgIpc) is 3.08. The largest absolute Gasteiger partial charge is 0.349 e. The highest BCUT2D eigenvalue weighted by atomic mass is 32.2. The summed E-state index contributed by atoms with van der Waals surface area (Å²) in [6.07, 6.45) is 2.10. The molecule has 0 radical (unpaired) electrons. The summed E-state index contributed by atoms with van der Waals surface area (Å²) in [5.74, 6) is 0.547. The minimum Gasteiger partial charge on any atom is -0.349 e. The van der Waals surface area contributed by atoms with Gasteiger partial charge < -0.3 is 9.47 Å².